The molecule has 1 saturated heterocycles. The third-order valence-corrected chi connectivity index (χ3v) is 6.52. The molecule has 2 aromatic carbocycles. The van der Waals surface area contributed by atoms with Crippen LogP contribution in [0.5, 0.6) is 0 Å². The summed E-state index contributed by atoms with van der Waals surface area (Å²) < 4.78 is 0. The first-order chi connectivity index (χ1) is 13.2. The molecule has 3 aromatic rings. The van der Waals surface area contributed by atoms with Crippen LogP contribution in [0.15, 0.2) is 48.7 Å². The van der Waals surface area contributed by atoms with Crippen LogP contribution < -0.4 is 10.2 Å². The number of imide groups is 1. The van der Waals surface area contributed by atoms with Gasteiger partial charge in [0.05, 0.1) is 11.8 Å². The molecule has 3 aliphatic rings. The van der Waals surface area contributed by atoms with Gasteiger partial charge in [0.15, 0.2) is 0 Å². The van der Waals surface area contributed by atoms with E-state index >= 15 is 0 Å². The number of hydrogen-bond donors (Lipinski definition) is 2. The second-order valence-corrected chi connectivity index (χ2v) is 7.80. The van der Waals surface area contributed by atoms with E-state index in [9.17, 15) is 9.59 Å². The summed E-state index contributed by atoms with van der Waals surface area (Å²) >= 11 is 0. The molecule has 1 aromatic heterocycles. The summed E-state index contributed by atoms with van der Waals surface area (Å²) in [7, 11) is 0. The molecule has 2 N–H and O–H groups in total. The Bertz CT molecular complexity index is 1120. The molecule has 0 saturated carbocycles. The third kappa shape index (κ3) is 1.94. The van der Waals surface area contributed by atoms with Gasteiger partial charge in [0.25, 0.3) is 0 Å². The number of nitrogens with zero attached hydrogens (tertiary/aromatic N) is 1. The van der Waals surface area contributed by atoms with E-state index in [0.717, 1.165) is 36.0 Å². The maximum atomic E-state index is 12.9. The summed E-state index contributed by atoms with van der Waals surface area (Å²) in [4.78, 5) is 31.3. The van der Waals surface area contributed by atoms with Crippen molar-refractivity contribution in [3.05, 3.63) is 65.4 Å². The molecule has 134 valence electrons. The van der Waals surface area contributed by atoms with Gasteiger partial charge in [-0.1, -0.05) is 36.4 Å². The Morgan fingerprint density at radius 2 is 1.85 bits per heavy atom. The van der Waals surface area contributed by atoms with Gasteiger partial charge in [-0.25, -0.2) is 0 Å². The Labute approximate surface area is 156 Å². The number of nitrogens with one attached hydrogen (secondary N) is 2. The SMILES string of the molecule is O=C1NC(=O)[C@@H](C2CN3CCc4cccc2c43)[C@@H]1c1c[nH]c2ccccc12. The van der Waals surface area contributed by atoms with Crippen molar-refractivity contribution in [1.29, 1.82) is 0 Å². The predicted octanol–water partition coefficient (Wildman–Crippen LogP) is 2.68. The van der Waals surface area contributed by atoms with Gasteiger partial charge in [-0.2, -0.15) is 0 Å². The number of benzene rings is 2. The standard InChI is InChI=1S/C22H19N3O2/c26-21-18(15-10-23-17-7-2-1-5-13(15)17)19(22(27)24-21)16-11-25-9-8-12-4-3-6-14(16)20(12)25/h1-7,10,16,18-19,23H,8-9,11H2,(H,24,26,27)/t16?,18-,19-/m0/s1. The van der Waals surface area contributed by atoms with Crippen LogP contribution in [0.3, 0.4) is 0 Å². The zero-order chi connectivity index (χ0) is 18.1. The first-order valence-electron chi connectivity index (χ1n) is 9.50. The Morgan fingerprint density at radius 1 is 0.963 bits per heavy atom. The van der Waals surface area contributed by atoms with Crippen LogP contribution in [-0.4, -0.2) is 29.9 Å². The lowest BCUT2D eigenvalue weighted by molar-refractivity contribution is -0.126. The van der Waals surface area contributed by atoms with E-state index in [4.69, 9.17) is 0 Å². The average Bonchev–Trinajstić information content (AvgIpc) is 3.41. The number of anilines is 1. The summed E-state index contributed by atoms with van der Waals surface area (Å²) in [6.07, 6.45) is 2.97. The van der Waals surface area contributed by atoms with Crippen molar-refractivity contribution in [2.24, 2.45) is 5.92 Å². The Hall–Kier alpha value is -3.08. The van der Waals surface area contributed by atoms with Gasteiger partial charge in [-0.15, -0.1) is 0 Å². The highest BCUT2D eigenvalue weighted by Crippen LogP contribution is 2.50. The van der Waals surface area contributed by atoms with E-state index in [1.165, 1.54) is 16.8 Å². The van der Waals surface area contributed by atoms with E-state index < -0.39 is 5.92 Å². The lowest BCUT2D eigenvalue weighted by Gasteiger charge is -2.23. The zero-order valence-electron chi connectivity index (χ0n) is 14.7. The van der Waals surface area contributed by atoms with Gasteiger partial charge < -0.3 is 9.88 Å². The minimum absolute atomic E-state index is 0.0466. The zero-order valence-corrected chi connectivity index (χ0v) is 14.7. The molecule has 2 amide bonds. The minimum atomic E-state index is -0.450. The molecular weight excluding hydrogens is 338 g/mol. The maximum absolute atomic E-state index is 12.9. The van der Waals surface area contributed by atoms with Gasteiger partial charge >= 0.3 is 0 Å². The largest absolute Gasteiger partial charge is 0.370 e. The summed E-state index contributed by atoms with van der Waals surface area (Å²) in [5.41, 5.74) is 5.81. The fourth-order valence-electron chi connectivity index (χ4n) is 5.39. The van der Waals surface area contributed by atoms with E-state index in [0.29, 0.717) is 0 Å². The number of aromatic amines is 1. The number of amides is 2. The lowest BCUT2D eigenvalue weighted by Crippen LogP contribution is -2.30. The minimum Gasteiger partial charge on any atom is -0.370 e. The van der Waals surface area contributed by atoms with E-state index in [1.807, 2.05) is 30.5 Å². The molecule has 1 fully saturated rings. The van der Waals surface area contributed by atoms with Crippen LogP contribution in [0.4, 0.5) is 5.69 Å². The summed E-state index contributed by atoms with van der Waals surface area (Å²) in [5, 5.41) is 3.64. The van der Waals surface area contributed by atoms with E-state index in [2.05, 4.69) is 33.4 Å². The molecule has 5 heteroatoms. The first kappa shape index (κ1) is 15.0. The van der Waals surface area contributed by atoms with Crippen LogP contribution in [0, 0.1) is 5.92 Å². The van der Waals surface area contributed by atoms with Gasteiger partial charge in [-0.3, -0.25) is 14.9 Å². The molecule has 6 rings (SSSR count). The van der Waals surface area contributed by atoms with Crippen LogP contribution in [0.25, 0.3) is 10.9 Å². The smallest absolute Gasteiger partial charge is 0.235 e. The van der Waals surface area contributed by atoms with Crippen molar-refractivity contribution in [3.8, 4) is 0 Å². The highest BCUT2D eigenvalue weighted by molar-refractivity contribution is 6.10. The number of aromatic nitrogens is 1. The molecule has 5 nitrogen and oxygen atoms in total. The Kier molecular flexibility index (Phi) is 2.91. The normalized spacial score (nSPS) is 26.1. The summed E-state index contributed by atoms with van der Waals surface area (Å²) in [5.74, 6) is -1.09. The highest BCUT2D eigenvalue weighted by atomic mass is 16.2. The Balaban J connectivity index is 1.49. The number of fused-ring (bicyclic) bond motifs is 1. The molecule has 4 heterocycles. The third-order valence-electron chi connectivity index (χ3n) is 6.52. The molecule has 0 spiro atoms. The van der Waals surface area contributed by atoms with Crippen molar-refractivity contribution in [2.45, 2.75) is 18.3 Å². The van der Waals surface area contributed by atoms with Crippen molar-refractivity contribution in [1.82, 2.24) is 10.3 Å². The molecule has 0 bridgehead atoms. The Morgan fingerprint density at radius 3 is 2.78 bits per heavy atom. The van der Waals surface area contributed by atoms with Crippen molar-refractivity contribution < 1.29 is 9.59 Å². The fraction of sp³-hybridized carbons (Fsp3) is 0.273. The van der Waals surface area contributed by atoms with Gasteiger partial charge in [0.2, 0.25) is 11.8 Å². The van der Waals surface area contributed by atoms with Gasteiger partial charge in [0.1, 0.15) is 0 Å². The quantitative estimate of drug-likeness (QED) is 0.693. The molecule has 1 unspecified atom stereocenters. The topological polar surface area (TPSA) is 65.2 Å². The molecular formula is C22H19N3O2. The number of carbonyl (C=O) groups is 2. The van der Waals surface area contributed by atoms with Crippen LogP contribution >= 0.6 is 0 Å². The first-order valence-corrected chi connectivity index (χ1v) is 9.50. The molecule has 0 radical (unpaired) electrons. The average molecular weight is 357 g/mol. The summed E-state index contributed by atoms with van der Waals surface area (Å²) in [6.45, 7) is 1.82. The van der Waals surface area contributed by atoms with E-state index in [-0.39, 0.29) is 23.7 Å². The monoisotopic (exact) mass is 357 g/mol. The number of H-pyrrole nitrogens is 1. The molecule has 3 aliphatic heterocycles. The number of hydrogen-bond acceptors (Lipinski definition) is 3. The molecule has 3 atom stereocenters. The van der Waals surface area contributed by atoms with Gasteiger partial charge in [0, 0.05) is 41.8 Å². The molecule has 27 heavy (non-hydrogen) atoms. The van der Waals surface area contributed by atoms with Crippen molar-refractivity contribution in [2.75, 3.05) is 18.0 Å². The maximum Gasteiger partial charge on any atom is 0.235 e. The van der Waals surface area contributed by atoms with E-state index in [1.54, 1.807) is 0 Å². The predicted molar refractivity (Wildman–Crippen MR) is 103 cm³/mol. The van der Waals surface area contributed by atoms with Crippen LogP contribution in [-0.2, 0) is 16.0 Å². The van der Waals surface area contributed by atoms with Crippen LogP contribution in [0.2, 0.25) is 0 Å². The van der Waals surface area contributed by atoms with Gasteiger partial charge in [-0.05, 0) is 29.2 Å². The van der Waals surface area contributed by atoms with Crippen molar-refractivity contribution >= 4 is 28.4 Å². The van der Waals surface area contributed by atoms with Crippen molar-refractivity contribution in [3.63, 3.8) is 0 Å². The lowest BCUT2D eigenvalue weighted by atomic mass is 9.77. The van der Waals surface area contributed by atoms with Crippen LogP contribution in [0.1, 0.15) is 28.5 Å². The number of para-hydroxylation sites is 2. The number of carbonyl (C=O) groups excluding carboxylic acids is 2. The molecule has 0 aliphatic carbocycles. The summed E-state index contributed by atoms with van der Waals surface area (Å²) in [6, 6.07) is 14.4. The second-order valence-electron chi connectivity index (χ2n) is 7.80. The second kappa shape index (κ2) is 5.22. The fourth-order valence-corrected chi connectivity index (χ4v) is 5.39. The highest BCUT2D eigenvalue weighted by Gasteiger charge is 2.51. The number of rotatable bonds is 2.